The summed E-state index contributed by atoms with van der Waals surface area (Å²) >= 11 is 4.56. The van der Waals surface area contributed by atoms with E-state index in [1.807, 2.05) is 0 Å². The molecule has 0 aromatic heterocycles. The average Bonchev–Trinajstić information content (AvgIpc) is 2.66. The fourth-order valence-corrected chi connectivity index (χ4v) is 4.86. The molecule has 4 aliphatic carbocycles. The van der Waals surface area contributed by atoms with E-state index in [2.05, 4.69) is 16.3 Å². The summed E-state index contributed by atoms with van der Waals surface area (Å²) in [4.78, 5) is 10.7. The van der Waals surface area contributed by atoms with Crippen LogP contribution in [0.4, 0.5) is 83.4 Å². The minimum Gasteiger partial charge on any atom is -0.376 e. The number of alkyl halides is 20. The highest BCUT2D eigenvalue weighted by molar-refractivity contribution is 6.26. The van der Waals surface area contributed by atoms with E-state index in [9.17, 15) is 88.2 Å². The predicted molar refractivity (Wildman–Crippen MR) is 71.4 cm³/mol. The van der Waals surface area contributed by atoms with Crippen LogP contribution < -0.4 is 0 Å². The monoisotopic (exact) mass is 614 g/mol. The Hall–Kier alpha value is -1.61. The Morgan fingerprint density at radius 3 is 1.08 bits per heavy atom. The summed E-state index contributed by atoms with van der Waals surface area (Å²) in [6.07, 6.45) is -15.2. The molecule has 0 atom stereocenters. The lowest BCUT2D eigenvalue weighted by Gasteiger charge is -2.75. The summed E-state index contributed by atoms with van der Waals surface area (Å²) in [5.74, 6) is -55.9. The summed E-state index contributed by atoms with van der Waals surface area (Å²) in [7, 11) is 0. The molecule has 0 aliphatic heterocycles. The van der Waals surface area contributed by atoms with Gasteiger partial charge in [0.1, 0.15) is 5.88 Å². The fourth-order valence-electron chi connectivity index (χ4n) is 4.81. The summed E-state index contributed by atoms with van der Waals surface area (Å²) in [5.41, 5.74) is -34.1. The van der Waals surface area contributed by atoms with Crippen molar-refractivity contribution >= 4 is 17.6 Å². The maximum absolute atomic E-state index is 14.8. The van der Waals surface area contributed by atoms with Crippen molar-refractivity contribution in [2.24, 2.45) is 5.41 Å². The van der Waals surface area contributed by atoms with E-state index in [0.717, 1.165) is 0 Å². The van der Waals surface area contributed by atoms with Crippen LogP contribution >= 0.6 is 11.6 Å². The molecule has 0 amide bonds. The molecule has 4 saturated carbocycles. The lowest BCUT2D eigenvalue weighted by Crippen LogP contribution is -3.09. The van der Waals surface area contributed by atoms with E-state index in [4.69, 9.17) is 0 Å². The maximum atomic E-state index is 14.8. The van der Waals surface area contributed by atoms with Crippen LogP contribution in [0.5, 0.6) is 0 Å². The zero-order valence-corrected chi connectivity index (χ0v) is 16.7. The molecule has 0 spiro atoms. The van der Waals surface area contributed by atoms with E-state index in [1.165, 1.54) is 0 Å². The second-order valence-corrected chi connectivity index (χ2v) is 8.13. The van der Waals surface area contributed by atoms with Gasteiger partial charge in [-0.15, -0.1) is 20.4 Å². The molecule has 0 saturated heterocycles. The molecule has 0 unspecified atom stereocenters. The number of carbonyl (C=O) groups is 1. The second kappa shape index (κ2) is 6.57. The third kappa shape index (κ3) is 2.19. The van der Waals surface area contributed by atoms with Gasteiger partial charge in [0, 0.05) is 0 Å². The van der Waals surface area contributed by atoms with Gasteiger partial charge in [-0.2, -0.15) is 35.1 Å². The summed E-state index contributed by atoms with van der Waals surface area (Å²) in [5, 5.41) is 0. The van der Waals surface area contributed by atoms with Gasteiger partial charge in [0.25, 0.3) is 5.41 Å². The maximum Gasteiger partial charge on any atom is 0.542 e. The number of ether oxygens (including phenoxy) is 2. The highest BCUT2D eigenvalue weighted by atomic mass is 35.5. The van der Waals surface area contributed by atoms with Crippen LogP contribution in [-0.4, -0.2) is 76.8 Å². The van der Waals surface area contributed by atoms with Gasteiger partial charge in [-0.3, -0.25) is 4.79 Å². The third-order valence-electron chi connectivity index (χ3n) is 6.33. The van der Waals surface area contributed by atoms with Gasteiger partial charge in [0.2, 0.25) is 0 Å². The van der Waals surface area contributed by atoms with Crippen molar-refractivity contribution in [3.05, 3.63) is 0 Å². The van der Waals surface area contributed by atoms with Crippen molar-refractivity contribution in [3.63, 3.8) is 0 Å². The second-order valence-electron chi connectivity index (χ2n) is 7.86. The Morgan fingerprint density at radius 2 is 0.838 bits per heavy atom. The van der Waals surface area contributed by atoms with Crippen LogP contribution in [0.2, 0.25) is 0 Å². The smallest absolute Gasteiger partial charge is 0.376 e. The highest BCUT2D eigenvalue weighted by Crippen LogP contribution is 2.92. The van der Waals surface area contributed by atoms with Gasteiger partial charge in [-0.05, 0) is 0 Å². The van der Waals surface area contributed by atoms with E-state index >= 15 is 0 Å². The molecule has 216 valence electrons. The van der Waals surface area contributed by atoms with Crippen LogP contribution in [-0.2, 0) is 14.3 Å². The molecule has 4 rings (SSSR count). The minimum absolute atomic E-state index is 1.79. The van der Waals surface area contributed by atoms with Crippen LogP contribution in [0.1, 0.15) is 0 Å². The Bertz CT molecular complexity index is 926. The van der Waals surface area contributed by atoms with Crippen LogP contribution in [0.25, 0.3) is 0 Å². The van der Waals surface area contributed by atoms with Gasteiger partial charge in [0.05, 0.1) is 0 Å². The lowest BCUT2D eigenvalue weighted by molar-refractivity contribution is -0.649. The van der Waals surface area contributed by atoms with Gasteiger partial charge in [0.15, 0.2) is 0 Å². The predicted octanol–water partition coefficient (Wildman–Crippen LogP) is 5.89. The average molecular weight is 615 g/mol. The molecule has 3 nitrogen and oxygen atoms in total. The first-order valence-electron chi connectivity index (χ1n) is 8.48. The molecular weight excluding hydrogens is 613 g/mol. The Morgan fingerprint density at radius 1 is 0.568 bits per heavy atom. The number of rotatable bonds is 5. The molecule has 4 fully saturated rings. The molecule has 23 heteroatoms. The first-order chi connectivity index (χ1) is 15.9. The fraction of sp³-hybridized carbons (Fsp3) is 0.929. The number of esters is 1. The van der Waals surface area contributed by atoms with Crippen molar-refractivity contribution in [2.75, 3.05) is 5.88 Å². The first kappa shape index (κ1) is 29.9. The van der Waals surface area contributed by atoms with Gasteiger partial charge < -0.3 is 4.74 Å². The first-order valence-corrected chi connectivity index (χ1v) is 9.02. The topological polar surface area (TPSA) is 35.5 Å². The van der Waals surface area contributed by atoms with E-state index < -0.39 is 82.2 Å². The van der Waals surface area contributed by atoms with Crippen molar-refractivity contribution in [1.82, 2.24) is 0 Å². The molecule has 4 aliphatic rings. The Kier molecular flexibility index (Phi) is 5.32. The Labute approximate surface area is 192 Å². The summed E-state index contributed by atoms with van der Waals surface area (Å²) in [6, 6.07) is 0. The highest BCUT2D eigenvalue weighted by Gasteiger charge is 3.25. The molecule has 0 radical (unpaired) electrons. The largest absolute Gasteiger partial charge is 0.542 e. The van der Waals surface area contributed by atoms with Crippen LogP contribution in [0, 0.1) is 5.41 Å². The molecule has 0 heterocycles. The van der Waals surface area contributed by atoms with E-state index in [1.54, 1.807) is 4.74 Å². The zero-order valence-electron chi connectivity index (χ0n) is 16.0. The number of carbonyl (C=O) groups excluding carboxylic acids is 1. The van der Waals surface area contributed by atoms with Gasteiger partial charge in [-0.1, -0.05) is 0 Å². The SMILES string of the molecule is O=C(CCl)OC(F)(F)OC(F)(F)C12C(F)(F)C3(F)C(F)(F)C(F)(C(F)(F)C(F)(C3(F)F)C1(F)F)C2(F)F. The molecular formula is C14H2ClF19O3. The summed E-state index contributed by atoms with van der Waals surface area (Å²) < 4.78 is 278. The van der Waals surface area contributed by atoms with Crippen molar-refractivity contribution in [3.8, 4) is 0 Å². The van der Waals surface area contributed by atoms with Crippen molar-refractivity contribution < 1.29 is 97.7 Å². The minimum atomic E-state index is -8.72. The van der Waals surface area contributed by atoms with Gasteiger partial charge in [-0.25, -0.2) is 44.3 Å². The van der Waals surface area contributed by atoms with Crippen LogP contribution in [0.3, 0.4) is 0 Å². The molecule has 0 aromatic carbocycles. The molecule has 0 aromatic rings. The van der Waals surface area contributed by atoms with Crippen LogP contribution in [0.15, 0.2) is 0 Å². The Balaban J connectivity index is 2.59. The lowest BCUT2D eigenvalue weighted by atomic mass is 9.36. The van der Waals surface area contributed by atoms with E-state index in [0.29, 0.717) is 0 Å². The number of halogens is 20. The third-order valence-corrected chi connectivity index (χ3v) is 6.55. The van der Waals surface area contributed by atoms with Crippen molar-refractivity contribution in [2.45, 2.75) is 64.9 Å². The number of hydrogen-bond donors (Lipinski definition) is 0. The molecule has 0 N–H and O–H groups in total. The van der Waals surface area contributed by atoms with Crippen molar-refractivity contribution in [1.29, 1.82) is 0 Å². The standard InChI is InChI=1S/C14H2ClF19O3/c15-1-2(35)36-14(33,34)37-13(31,32)3-7(19,20)4(16)10(25,26)5(17,8(3,21)22)12(29,30)6(18,9(3,23)24)11(4,27)28/h1H2. The summed E-state index contributed by atoms with van der Waals surface area (Å²) in [6.45, 7) is 0. The van der Waals surface area contributed by atoms with E-state index in [-0.39, 0.29) is 0 Å². The van der Waals surface area contributed by atoms with Gasteiger partial charge >= 0.3 is 70.9 Å². The zero-order chi connectivity index (χ0) is 29.7. The number of hydrogen-bond acceptors (Lipinski definition) is 3. The molecule has 37 heavy (non-hydrogen) atoms. The molecule has 4 bridgehead atoms. The quantitative estimate of drug-likeness (QED) is 0.168. The normalized spacial score (nSPS) is 41.9.